The van der Waals surface area contributed by atoms with E-state index in [4.69, 9.17) is 16.3 Å². The van der Waals surface area contributed by atoms with E-state index in [2.05, 4.69) is 47.6 Å². The number of β-amino-alcohol motifs (C(OH)–C–C–N with tert-alkyl or cyclic N) is 1. The van der Waals surface area contributed by atoms with Crippen LogP contribution in [0.25, 0.3) is 5.65 Å². The molecule has 0 spiro atoms. The molecule has 1 atom stereocenters. The molecular formula is C24H27ClN10O2. The highest BCUT2D eigenvalue weighted by Gasteiger charge is 2.25. The smallest absolute Gasteiger partial charge is 0.247 e. The summed E-state index contributed by atoms with van der Waals surface area (Å²) in [5, 5.41) is 40.6. The van der Waals surface area contributed by atoms with E-state index in [1.165, 1.54) is 10.7 Å². The van der Waals surface area contributed by atoms with Gasteiger partial charge in [-0.15, -0.1) is 5.10 Å². The first-order valence-electron chi connectivity index (χ1n) is 12.1. The zero-order chi connectivity index (χ0) is 25.9. The van der Waals surface area contributed by atoms with Gasteiger partial charge in [-0.25, -0.2) is 4.98 Å². The number of nitrogens with one attached hydrogen (secondary N) is 2. The maximum atomic E-state index is 10.0. The van der Waals surface area contributed by atoms with E-state index in [-0.39, 0.29) is 11.6 Å². The van der Waals surface area contributed by atoms with Crippen LogP contribution in [0.3, 0.4) is 0 Å². The molecule has 0 amide bonds. The number of benzene rings is 1. The fourth-order valence-corrected chi connectivity index (χ4v) is 4.63. The van der Waals surface area contributed by atoms with Crippen LogP contribution in [-0.2, 0) is 4.74 Å². The van der Waals surface area contributed by atoms with Crippen LogP contribution in [0.15, 0.2) is 18.3 Å². The van der Waals surface area contributed by atoms with Gasteiger partial charge in [0.15, 0.2) is 17.2 Å². The normalized spacial score (nSPS) is 16.8. The van der Waals surface area contributed by atoms with Gasteiger partial charge < -0.3 is 25.4 Å². The Morgan fingerprint density at radius 2 is 2.00 bits per heavy atom. The molecule has 37 heavy (non-hydrogen) atoms. The molecule has 0 bridgehead atoms. The highest BCUT2D eigenvalue weighted by atomic mass is 35.5. The predicted octanol–water partition coefficient (Wildman–Crippen LogP) is 1.97. The first-order valence-corrected chi connectivity index (χ1v) is 12.4. The second-order valence-electron chi connectivity index (χ2n) is 9.18. The third-order valence-electron chi connectivity index (χ3n) is 6.36. The highest BCUT2D eigenvalue weighted by molar-refractivity contribution is 6.36. The molecule has 1 saturated heterocycles. The van der Waals surface area contributed by atoms with Crippen LogP contribution >= 0.6 is 11.6 Å². The number of anilines is 4. The fourth-order valence-electron chi connectivity index (χ4n) is 4.36. The average Bonchev–Trinajstić information content (AvgIpc) is 3.61. The van der Waals surface area contributed by atoms with E-state index in [0.717, 1.165) is 31.6 Å². The number of aliphatic hydroxyl groups is 1. The van der Waals surface area contributed by atoms with E-state index in [1.54, 1.807) is 19.2 Å². The van der Waals surface area contributed by atoms with Crippen molar-refractivity contribution in [2.45, 2.75) is 25.0 Å². The van der Waals surface area contributed by atoms with Crippen molar-refractivity contribution >= 4 is 40.4 Å². The van der Waals surface area contributed by atoms with Crippen molar-refractivity contribution in [3.05, 3.63) is 34.6 Å². The summed E-state index contributed by atoms with van der Waals surface area (Å²) in [6.45, 7) is 3.69. The molecule has 2 fully saturated rings. The van der Waals surface area contributed by atoms with Crippen molar-refractivity contribution < 1.29 is 9.84 Å². The molecule has 1 saturated carbocycles. The van der Waals surface area contributed by atoms with Crippen LogP contribution in [-0.4, -0.2) is 88.2 Å². The number of nitrogens with zero attached hydrogens (tertiary/aromatic N) is 8. The van der Waals surface area contributed by atoms with Crippen LogP contribution in [0, 0.1) is 22.7 Å². The minimum atomic E-state index is -0.536. The van der Waals surface area contributed by atoms with Gasteiger partial charge in [-0.1, -0.05) is 11.6 Å². The minimum Gasteiger partial charge on any atom is -0.389 e. The minimum absolute atomic E-state index is 0.227. The Morgan fingerprint density at radius 1 is 1.22 bits per heavy atom. The molecule has 2 aliphatic rings. The molecule has 1 aliphatic carbocycles. The molecule has 3 heterocycles. The standard InChI is InChI=1S/C24H27ClN10O2/c1-37-14-18(36)13-33-4-6-34(7-5-33)20-9-15(10-26)8-19(21(20)25)30-24-31-22(29-16-2-3-16)23-28-12-17(11-27)35(23)32-24/h8-9,12,16,18,36H,2-7,13-14H2,1H3,(H2,29,30,31,32)/t18-/m1/s1. The van der Waals surface area contributed by atoms with Gasteiger partial charge in [-0.2, -0.15) is 20.0 Å². The third-order valence-corrected chi connectivity index (χ3v) is 6.76. The quantitative estimate of drug-likeness (QED) is 0.378. The molecule has 3 N–H and O–H groups in total. The van der Waals surface area contributed by atoms with Gasteiger partial charge in [0.05, 0.1) is 46.9 Å². The van der Waals surface area contributed by atoms with Gasteiger partial charge in [0.1, 0.15) is 6.07 Å². The summed E-state index contributed by atoms with van der Waals surface area (Å²) in [6.07, 6.45) is 3.01. The number of nitriles is 2. The van der Waals surface area contributed by atoms with Gasteiger partial charge in [0, 0.05) is 45.9 Å². The SMILES string of the molecule is COC[C@H](O)CN1CCN(c2cc(C#N)cc(Nc3nc(NC4CC4)c4ncc(C#N)n4n3)c2Cl)CC1. The number of rotatable bonds is 9. The Kier molecular flexibility index (Phi) is 7.26. The number of hydrogen-bond donors (Lipinski definition) is 3. The Bertz CT molecular complexity index is 1370. The highest BCUT2D eigenvalue weighted by Crippen LogP contribution is 2.36. The number of piperazine rings is 1. The Balaban J connectivity index is 1.40. The zero-order valence-electron chi connectivity index (χ0n) is 20.4. The lowest BCUT2D eigenvalue weighted by Crippen LogP contribution is -2.49. The van der Waals surface area contributed by atoms with Crippen molar-refractivity contribution in [1.29, 1.82) is 10.5 Å². The van der Waals surface area contributed by atoms with E-state index >= 15 is 0 Å². The summed E-state index contributed by atoms with van der Waals surface area (Å²) in [5.41, 5.74) is 2.42. The molecule has 3 aromatic rings. The van der Waals surface area contributed by atoms with Gasteiger partial charge >= 0.3 is 0 Å². The lowest BCUT2D eigenvalue weighted by molar-refractivity contribution is 0.0365. The van der Waals surface area contributed by atoms with Crippen molar-refractivity contribution in [2.75, 3.05) is 62.0 Å². The number of aromatic nitrogens is 4. The summed E-state index contributed by atoms with van der Waals surface area (Å²) >= 11 is 6.85. The second-order valence-corrected chi connectivity index (χ2v) is 9.56. The molecule has 1 aliphatic heterocycles. The van der Waals surface area contributed by atoms with E-state index in [1.807, 2.05) is 0 Å². The monoisotopic (exact) mass is 522 g/mol. The number of fused-ring (bicyclic) bond motifs is 1. The summed E-state index contributed by atoms with van der Waals surface area (Å²) in [5.74, 6) is 0.756. The molecule has 192 valence electrons. The molecule has 12 nitrogen and oxygen atoms in total. The summed E-state index contributed by atoms with van der Waals surface area (Å²) in [7, 11) is 1.57. The fraction of sp³-hybridized carbons (Fsp3) is 0.458. The topological polar surface area (TPSA) is 151 Å². The summed E-state index contributed by atoms with van der Waals surface area (Å²) < 4.78 is 6.47. The largest absolute Gasteiger partial charge is 0.389 e. The molecule has 0 unspecified atom stereocenters. The Hall–Kier alpha value is -3.68. The third kappa shape index (κ3) is 5.53. The van der Waals surface area contributed by atoms with E-state index < -0.39 is 6.10 Å². The van der Waals surface area contributed by atoms with Crippen LogP contribution in [0.1, 0.15) is 24.1 Å². The number of imidazole rings is 1. The van der Waals surface area contributed by atoms with Gasteiger partial charge in [0.2, 0.25) is 5.95 Å². The number of aliphatic hydroxyl groups excluding tert-OH is 1. The maximum Gasteiger partial charge on any atom is 0.247 e. The first kappa shape index (κ1) is 25.0. The number of hydrogen-bond acceptors (Lipinski definition) is 11. The average molecular weight is 523 g/mol. The Labute approximate surface area is 219 Å². The van der Waals surface area contributed by atoms with Crippen LogP contribution < -0.4 is 15.5 Å². The van der Waals surface area contributed by atoms with E-state index in [0.29, 0.717) is 60.0 Å². The lowest BCUT2D eigenvalue weighted by Gasteiger charge is -2.37. The first-order chi connectivity index (χ1) is 18.0. The van der Waals surface area contributed by atoms with Crippen LogP contribution in [0.4, 0.5) is 23.1 Å². The molecular weight excluding hydrogens is 496 g/mol. The van der Waals surface area contributed by atoms with Crippen molar-refractivity contribution in [3.63, 3.8) is 0 Å². The van der Waals surface area contributed by atoms with Crippen molar-refractivity contribution in [3.8, 4) is 12.1 Å². The van der Waals surface area contributed by atoms with E-state index in [9.17, 15) is 15.6 Å². The van der Waals surface area contributed by atoms with Crippen LogP contribution in [0.2, 0.25) is 5.02 Å². The maximum absolute atomic E-state index is 10.0. The second kappa shape index (κ2) is 10.7. The molecule has 0 radical (unpaired) electrons. The molecule has 5 rings (SSSR count). The Morgan fingerprint density at radius 3 is 2.68 bits per heavy atom. The molecule has 13 heteroatoms. The van der Waals surface area contributed by atoms with Gasteiger partial charge in [-0.05, 0) is 25.0 Å². The number of ether oxygens (including phenoxy) is 1. The van der Waals surface area contributed by atoms with Crippen molar-refractivity contribution in [2.24, 2.45) is 0 Å². The summed E-state index contributed by atoms with van der Waals surface area (Å²) in [6, 6.07) is 8.05. The van der Waals surface area contributed by atoms with Crippen LogP contribution in [0.5, 0.6) is 0 Å². The number of halogens is 1. The molecule has 1 aromatic carbocycles. The van der Waals surface area contributed by atoms with Gasteiger partial charge in [0.25, 0.3) is 0 Å². The van der Waals surface area contributed by atoms with Crippen molar-refractivity contribution in [1.82, 2.24) is 24.5 Å². The number of methoxy groups -OCH3 is 1. The summed E-state index contributed by atoms with van der Waals surface area (Å²) in [4.78, 5) is 13.2. The lowest BCUT2D eigenvalue weighted by atomic mass is 10.1. The predicted molar refractivity (Wildman–Crippen MR) is 138 cm³/mol. The zero-order valence-corrected chi connectivity index (χ0v) is 21.1. The molecule has 2 aromatic heterocycles. The van der Waals surface area contributed by atoms with Gasteiger partial charge in [-0.3, -0.25) is 4.90 Å².